The molecule has 8 aromatic rings. The number of nitrogens with zero attached hydrogens (tertiary/aromatic N) is 10. The summed E-state index contributed by atoms with van der Waals surface area (Å²) < 4.78 is 256. The van der Waals surface area contributed by atoms with Crippen LogP contribution in [0.2, 0.25) is 0 Å². The number of ether oxygens (including phenoxy) is 2. The number of anilines is 2. The Bertz CT molecular complexity index is 3750. The summed E-state index contributed by atoms with van der Waals surface area (Å²) in [4.78, 5) is 0. The van der Waals surface area contributed by atoms with Gasteiger partial charge in [-0.2, -0.15) is 31.6 Å². The molecule has 0 fully saturated rings. The first-order valence-corrected chi connectivity index (χ1v) is 38.6. The van der Waals surface area contributed by atoms with Gasteiger partial charge in [-0.3, -0.25) is 0 Å². The van der Waals surface area contributed by atoms with E-state index in [4.69, 9.17) is 51.3 Å². The minimum Gasteiger partial charge on any atom is -0.394 e. The van der Waals surface area contributed by atoms with Crippen LogP contribution in [0.3, 0.4) is 0 Å². The summed E-state index contributed by atoms with van der Waals surface area (Å²) in [5.74, 6) is 0. The van der Waals surface area contributed by atoms with Crippen LogP contribution in [0.25, 0.3) is 33.0 Å². The van der Waals surface area contributed by atoms with Crippen molar-refractivity contribution in [1.82, 2.24) is 0 Å². The van der Waals surface area contributed by atoms with Crippen molar-refractivity contribution < 1.29 is 139 Å². The number of hydrogen-bond acceptors (Lipinski definition) is 12. The Morgan fingerprint density at radius 2 is 0.464 bits per heavy atom. The molecule has 0 radical (unpaired) electrons. The van der Waals surface area contributed by atoms with Crippen molar-refractivity contribution >= 4 is 53.4 Å². The van der Waals surface area contributed by atoms with E-state index in [9.17, 15) is 101 Å². The molecule has 0 atom stereocenters. The zero-order valence-electron chi connectivity index (χ0n) is 58.8. The normalized spacial score (nSPS) is 13.3. The summed E-state index contributed by atoms with van der Waals surface area (Å²) >= 11 is 0. The number of benzene rings is 4. The van der Waals surface area contributed by atoms with E-state index < -0.39 is 31.2 Å². The Morgan fingerprint density at radius 3 is 0.618 bits per heavy atom. The predicted octanol–water partition coefficient (Wildman–Crippen LogP) is 23.1. The molecule has 4 N–H and O–H groups in total. The third kappa shape index (κ3) is 73.7. The Labute approximate surface area is 616 Å². The average molecular weight is 1680 g/mol. The SMILES string of the molecule is CC#N.CC#N.CC#N.CC#N.CC#N.CC#N.F[P-](F)(F)(F)(F)F.F[P-](F)(F)(F)(F)F.F[P-](F)(F)(F)(F)F.F[P-](F)(F)(F)(F)F.OCCOCCNc1cccc2c(NCCOCCO)cccc12.c1cc2ccc1C[n+]1ccc(cc1)-c1cc[n+](cc1)Cc1ccc(cc1)C[n+]1ccc(cc1)-c1cc[n+](cc1)C2. The number of fused-ring (bicyclic) bond motifs is 1. The Hall–Kier alpha value is -9.84. The van der Waals surface area contributed by atoms with Gasteiger partial charge in [0.25, 0.3) is 0 Å². The molecule has 0 saturated heterocycles. The molecule has 4 aromatic carbocycles. The molecule has 110 heavy (non-hydrogen) atoms. The van der Waals surface area contributed by atoms with E-state index in [1.165, 1.54) is 86.1 Å². The minimum atomic E-state index is -10.7. The van der Waals surface area contributed by atoms with Gasteiger partial charge in [0.15, 0.2) is 75.8 Å². The first-order valence-electron chi connectivity index (χ1n) is 30.5. The van der Waals surface area contributed by atoms with Crippen molar-refractivity contribution in [3.8, 4) is 58.7 Å². The predicted molar refractivity (Wildman–Crippen MR) is 373 cm³/mol. The smallest absolute Gasteiger partial charge is 0.173 e. The van der Waals surface area contributed by atoms with Crippen LogP contribution in [0.4, 0.5) is 112 Å². The zero-order valence-corrected chi connectivity index (χ0v) is 62.4. The molecular weight excluding hydrogens is 1600 g/mol. The molecule has 24 rings (SSSR count). The Kier molecular flexibility index (Phi) is 40.2. The van der Waals surface area contributed by atoms with Gasteiger partial charge >= 0.3 is 132 Å². The zero-order chi connectivity index (χ0) is 85.6. The van der Waals surface area contributed by atoms with E-state index >= 15 is 0 Å². The third-order valence-electron chi connectivity index (χ3n) is 11.3. The second-order valence-electron chi connectivity index (χ2n) is 21.1. The van der Waals surface area contributed by atoms with Gasteiger partial charge in [-0.25, -0.2) is 18.3 Å². The number of halogens is 24. The van der Waals surface area contributed by atoms with E-state index in [-0.39, 0.29) is 13.2 Å². The van der Waals surface area contributed by atoms with Crippen LogP contribution < -0.4 is 28.9 Å². The second kappa shape index (κ2) is 42.4. The summed E-state index contributed by atoms with van der Waals surface area (Å²) in [6, 6.07) is 58.3. The number of aliphatic hydroxyl groups excluding tert-OH is 2. The molecule has 20 heterocycles. The van der Waals surface area contributed by atoms with E-state index in [1.807, 2.05) is 24.3 Å². The molecule has 612 valence electrons. The number of rotatable bonds is 12. The third-order valence-corrected chi connectivity index (χ3v) is 11.3. The largest absolute Gasteiger partial charge is 0.394 e. The number of hydrogen-bond donors (Lipinski definition) is 4. The Morgan fingerprint density at radius 1 is 0.300 bits per heavy atom. The molecule has 0 amide bonds. The first-order chi connectivity index (χ1) is 49.9. The molecule has 0 aliphatic carbocycles. The maximum atomic E-state index is 9.87. The van der Waals surface area contributed by atoms with E-state index in [1.54, 1.807) is 36.4 Å². The quantitative estimate of drug-likeness (QED) is 0.0386. The van der Waals surface area contributed by atoms with Crippen LogP contribution in [-0.2, 0) is 35.7 Å². The number of aromatic nitrogens is 4. The molecular formula is C66H76F24N12O4P4. The van der Waals surface area contributed by atoms with Gasteiger partial charge in [-0.05, 0) is 34.4 Å². The molecule has 4 aromatic heterocycles. The van der Waals surface area contributed by atoms with E-state index in [0.29, 0.717) is 39.5 Å². The number of pyridine rings is 4. The van der Waals surface area contributed by atoms with Gasteiger partial charge in [-0.15, -0.1) is 0 Å². The van der Waals surface area contributed by atoms with Crippen molar-refractivity contribution in [2.75, 3.05) is 63.4 Å². The van der Waals surface area contributed by atoms with Gasteiger partial charge in [0, 0.05) is 148 Å². The van der Waals surface area contributed by atoms with Crippen LogP contribution in [0, 0.1) is 68.0 Å². The van der Waals surface area contributed by atoms with Gasteiger partial charge < -0.3 is 30.3 Å². The maximum absolute atomic E-state index is 10.7. The Balaban J connectivity index is -0.00000138. The maximum Gasteiger partial charge on any atom is 0.173 e. The average Bonchev–Trinajstić information content (AvgIpc) is 0.788. The van der Waals surface area contributed by atoms with Crippen LogP contribution in [-0.4, -0.2) is 62.9 Å². The monoisotopic (exact) mass is 1680 g/mol. The van der Waals surface area contributed by atoms with Crippen LogP contribution in [0.15, 0.2) is 183 Å². The summed E-state index contributed by atoms with van der Waals surface area (Å²) in [6.45, 7) is 15.3. The molecule has 16 aliphatic rings. The molecule has 0 spiro atoms. The molecule has 16 nitrogen and oxygen atoms in total. The van der Waals surface area contributed by atoms with Crippen LogP contribution in [0.5, 0.6) is 0 Å². The van der Waals surface area contributed by atoms with Gasteiger partial charge in [0.2, 0.25) is 0 Å². The van der Waals surface area contributed by atoms with Crippen molar-refractivity contribution in [3.63, 3.8) is 0 Å². The van der Waals surface area contributed by atoms with Crippen molar-refractivity contribution in [2.24, 2.45) is 0 Å². The molecule has 12 bridgehead atoms. The van der Waals surface area contributed by atoms with Gasteiger partial charge in [-0.1, -0.05) is 72.8 Å². The topological polar surface area (TPSA) is 241 Å². The van der Waals surface area contributed by atoms with E-state index in [0.717, 1.165) is 48.3 Å². The molecule has 0 saturated carbocycles. The van der Waals surface area contributed by atoms with Crippen molar-refractivity contribution in [2.45, 2.75) is 67.7 Å². The van der Waals surface area contributed by atoms with Gasteiger partial charge in [0.1, 0.15) is 0 Å². The summed E-state index contributed by atoms with van der Waals surface area (Å²) in [7, 11) is -42.6. The summed E-state index contributed by atoms with van der Waals surface area (Å²) in [5.41, 5.74) is 12.2. The summed E-state index contributed by atoms with van der Waals surface area (Å²) in [5, 5.41) is 70.3. The van der Waals surface area contributed by atoms with Crippen LogP contribution >= 0.6 is 31.2 Å². The second-order valence-corrected chi connectivity index (χ2v) is 28.7. The van der Waals surface area contributed by atoms with E-state index in [2.05, 4.69) is 188 Å². The molecule has 0 unspecified atom stereocenters. The first kappa shape index (κ1) is 104. The number of aliphatic hydroxyl groups is 2. The van der Waals surface area contributed by atoms with Crippen LogP contribution in [0.1, 0.15) is 63.8 Å². The molecule has 44 heteroatoms. The standard InChI is InChI=1S/C36H32N4.C18H26N2O4.6C2H3N.4F6P/c1-2-30-4-3-29(1)25-37-17-9-33(10-18-37)35-13-21-39(22-14-35)27-31-5-7-32(8-6-31)28-40-23-15-36(16-24-40)34-11-19-38(26-30)20-12-34;21-9-13-23-11-7-19-17-5-1-3-15-16(17)4-2-6-18(15)20-8-12-24-14-10-22;6*1-2-3;4*1-7(2,3,4,5)6/h1-24H,25-28H2;1-6,19-22H,7-14H2;6*1H3;;;;/q+4;;;;;;;;4*-1. The van der Waals surface area contributed by atoms with Crippen molar-refractivity contribution in [1.29, 1.82) is 31.6 Å². The van der Waals surface area contributed by atoms with Gasteiger partial charge in [0.05, 0.1) is 76.1 Å². The fourth-order valence-corrected chi connectivity index (χ4v) is 7.83. The number of nitriles is 6. The number of nitrogens with one attached hydrogen (secondary N) is 2. The summed E-state index contributed by atoms with van der Waals surface area (Å²) in [6.07, 6.45) is 17.4. The fraction of sp³-hybridized carbons (Fsp3) is 0.273. The van der Waals surface area contributed by atoms with Crippen molar-refractivity contribution in [3.05, 3.63) is 205 Å². The fourth-order valence-electron chi connectivity index (χ4n) is 7.83. The molecule has 16 aliphatic heterocycles. The minimum absolute atomic E-state index is 0.0469.